The molecule has 1 heterocycles. The third-order valence-electron chi connectivity index (χ3n) is 6.36. The van der Waals surface area contributed by atoms with Gasteiger partial charge in [0.25, 0.3) is 5.91 Å². The van der Waals surface area contributed by atoms with Gasteiger partial charge < -0.3 is 26.4 Å². The Morgan fingerprint density at radius 3 is 2.23 bits per heavy atom. The molecule has 172 valence electrons. The molecule has 1 aliphatic heterocycles. The van der Waals surface area contributed by atoms with Crippen molar-refractivity contribution in [3.63, 3.8) is 0 Å². The second-order valence-electron chi connectivity index (χ2n) is 8.93. The Labute approximate surface area is 181 Å². The van der Waals surface area contributed by atoms with Gasteiger partial charge in [0, 0.05) is 18.5 Å². The van der Waals surface area contributed by atoms with E-state index in [0.717, 1.165) is 44.9 Å². The predicted octanol–water partition coefficient (Wildman–Crippen LogP) is 0.452. The molecular weight excluding hydrogens is 404 g/mol. The van der Waals surface area contributed by atoms with Crippen LogP contribution in [0.15, 0.2) is 0 Å². The number of carbonyl (C=O) groups excluding carboxylic acids is 4. The van der Waals surface area contributed by atoms with Crippen molar-refractivity contribution < 1.29 is 29.1 Å². The number of ketones is 1. The molecule has 2 saturated carbocycles. The van der Waals surface area contributed by atoms with Crippen LogP contribution in [-0.4, -0.2) is 59.4 Å². The molecule has 10 nitrogen and oxygen atoms in total. The fraction of sp³-hybridized carbons (Fsp3) is 0.762. The molecule has 5 N–H and O–H groups in total. The first-order valence-corrected chi connectivity index (χ1v) is 11.3. The standard InChI is InChI=1S/C21H32N4O6/c26-17(20(29)23-14-6-7-14)15(11-13-8-9-22-18(13)27)24-19(28)16(25-21(30)31)10-12-4-2-1-3-5-12/h12-16,25H,1-11H2,(H,22,27)(H,23,29)(H,24,28)(H,30,31). The van der Waals surface area contributed by atoms with Crippen LogP contribution in [0, 0.1) is 11.8 Å². The van der Waals surface area contributed by atoms with Crippen molar-refractivity contribution in [3.05, 3.63) is 0 Å². The van der Waals surface area contributed by atoms with Gasteiger partial charge in [0.15, 0.2) is 0 Å². The normalized spacial score (nSPS) is 23.4. The Bertz CT molecular complexity index is 717. The quantitative estimate of drug-likeness (QED) is 0.313. The van der Waals surface area contributed by atoms with Gasteiger partial charge >= 0.3 is 6.09 Å². The smallest absolute Gasteiger partial charge is 0.405 e. The largest absolute Gasteiger partial charge is 0.465 e. The molecular formula is C21H32N4O6. The summed E-state index contributed by atoms with van der Waals surface area (Å²) in [6, 6.07) is -2.21. The van der Waals surface area contributed by atoms with Gasteiger partial charge in [-0.2, -0.15) is 0 Å². The van der Waals surface area contributed by atoms with E-state index in [4.69, 9.17) is 0 Å². The summed E-state index contributed by atoms with van der Waals surface area (Å²) < 4.78 is 0. The lowest BCUT2D eigenvalue weighted by Crippen LogP contribution is -2.55. The number of amides is 4. The Morgan fingerprint density at radius 2 is 1.65 bits per heavy atom. The summed E-state index contributed by atoms with van der Waals surface area (Å²) in [7, 11) is 0. The number of carboxylic acid groups (broad SMARTS) is 1. The molecule has 0 radical (unpaired) electrons. The minimum absolute atomic E-state index is 0.0116. The lowest BCUT2D eigenvalue weighted by molar-refractivity contribution is -0.141. The lowest BCUT2D eigenvalue weighted by Gasteiger charge is -2.27. The summed E-state index contributed by atoms with van der Waals surface area (Å²) >= 11 is 0. The summed E-state index contributed by atoms with van der Waals surface area (Å²) in [6.45, 7) is 0.484. The molecule has 2 aliphatic carbocycles. The molecule has 3 rings (SSSR count). The predicted molar refractivity (Wildman–Crippen MR) is 110 cm³/mol. The minimum Gasteiger partial charge on any atom is -0.465 e. The third kappa shape index (κ3) is 6.93. The first kappa shape index (κ1) is 23.0. The van der Waals surface area contributed by atoms with E-state index in [9.17, 15) is 29.1 Å². The van der Waals surface area contributed by atoms with Crippen LogP contribution >= 0.6 is 0 Å². The van der Waals surface area contributed by atoms with Crippen LogP contribution in [0.5, 0.6) is 0 Å². The summed E-state index contributed by atoms with van der Waals surface area (Å²) in [6.07, 6.45) is 6.27. The monoisotopic (exact) mass is 436 g/mol. The Kier molecular flexibility index (Phi) is 7.86. The maximum atomic E-state index is 13.0. The van der Waals surface area contributed by atoms with Crippen LogP contribution in [-0.2, 0) is 19.2 Å². The van der Waals surface area contributed by atoms with Crippen molar-refractivity contribution in [3.8, 4) is 0 Å². The first-order chi connectivity index (χ1) is 14.8. The number of hydrogen-bond acceptors (Lipinski definition) is 5. The summed E-state index contributed by atoms with van der Waals surface area (Å²) in [5.41, 5.74) is 0. The SMILES string of the molecule is O=C(O)NC(CC1CCCCC1)C(=O)NC(CC1CCNC1=O)C(=O)C(=O)NC1CC1. The van der Waals surface area contributed by atoms with E-state index in [2.05, 4.69) is 21.3 Å². The van der Waals surface area contributed by atoms with E-state index in [0.29, 0.717) is 19.4 Å². The van der Waals surface area contributed by atoms with Gasteiger partial charge in [0.1, 0.15) is 6.04 Å². The summed E-state index contributed by atoms with van der Waals surface area (Å²) in [4.78, 5) is 61.3. The van der Waals surface area contributed by atoms with Gasteiger partial charge in [-0.15, -0.1) is 0 Å². The van der Waals surface area contributed by atoms with Crippen molar-refractivity contribution >= 4 is 29.6 Å². The number of hydrogen-bond donors (Lipinski definition) is 5. The van der Waals surface area contributed by atoms with Crippen molar-refractivity contribution in [1.29, 1.82) is 0 Å². The second-order valence-corrected chi connectivity index (χ2v) is 8.93. The van der Waals surface area contributed by atoms with Crippen molar-refractivity contribution in [2.45, 2.75) is 82.3 Å². The summed E-state index contributed by atoms with van der Waals surface area (Å²) in [5.74, 6) is -2.68. The van der Waals surface area contributed by atoms with Crippen LogP contribution < -0.4 is 21.3 Å². The van der Waals surface area contributed by atoms with E-state index in [1.807, 2.05) is 0 Å². The van der Waals surface area contributed by atoms with Crippen LogP contribution in [0.25, 0.3) is 0 Å². The van der Waals surface area contributed by atoms with E-state index in [1.165, 1.54) is 0 Å². The van der Waals surface area contributed by atoms with E-state index < -0.39 is 41.7 Å². The zero-order valence-electron chi connectivity index (χ0n) is 17.7. The lowest BCUT2D eigenvalue weighted by atomic mass is 9.84. The molecule has 10 heteroatoms. The van der Waals surface area contributed by atoms with E-state index >= 15 is 0 Å². The van der Waals surface area contributed by atoms with Gasteiger partial charge in [-0.05, 0) is 38.0 Å². The van der Waals surface area contributed by atoms with Crippen molar-refractivity contribution in [2.75, 3.05) is 6.54 Å². The molecule has 3 fully saturated rings. The molecule has 0 aromatic rings. The van der Waals surface area contributed by atoms with Gasteiger partial charge in [0.05, 0.1) is 6.04 Å². The number of rotatable bonds is 10. The Morgan fingerprint density at radius 1 is 0.935 bits per heavy atom. The highest BCUT2D eigenvalue weighted by Gasteiger charge is 2.37. The average molecular weight is 437 g/mol. The molecule has 0 aromatic heterocycles. The molecule has 0 spiro atoms. The van der Waals surface area contributed by atoms with Crippen molar-refractivity contribution in [1.82, 2.24) is 21.3 Å². The fourth-order valence-electron chi connectivity index (χ4n) is 4.44. The van der Waals surface area contributed by atoms with Crippen LogP contribution in [0.2, 0.25) is 0 Å². The zero-order chi connectivity index (χ0) is 22.4. The van der Waals surface area contributed by atoms with Crippen LogP contribution in [0.3, 0.4) is 0 Å². The van der Waals surface area contributed by atoms with Crippen LogP contribution in [0.4, 0.5) is 4.79 Å². The van der Waals surface area contributed by atoms with Gasteiger partial charge in [-0.25, -0.2) is 4.79 Å². The number of carbonyl (C=O) groups is 5. The maximum absolute atomic E-state index is 13.0. The van der Waals surface area contributed by atoms with Crippen molar-refractivity contribution in [2.24, 2.45) is 11.8 Å². The number of nitrogens with one attached hydrogen (secondary N) is 4. The highest BCUT2D eigenvalue weighted by atomic mass is 16.4. The molecule has 0 aromatic carbocycles. The molecule has 3 aliphatic rings. The van der Waals surface area contributed by atoms with E-state index in [-0.39, 0.29) is 24.3 Å². The topological polar surface area (TPSA) is 154 Å². The van der Waals surface area contributed by atoms with Gasteiger partial charge in [-0.1, -0.05) is 32.1 Å². The highest BCUT2D eigenvalue weighted by Crippen LogP contribution is 2.27. The molecule has 31 heavy (non-hydrogen) atoms. The minimum atomic E-state index is -1.32. The second kappa shape index (κ2) is 10.6. The Balaban J connectivity index is 1.68. The van der Waals surface area contributed by atoms with Crippen LogP contribution in [0.1, 0.15) is 64.2 Å². The van der Waals surface area contributed by atoms with Gasteiger partial charge in [0.2, 0.25) is 17.6 Å². The molecule has 1 saturated heterocycles. The Hall–Kier alpha value is -2.65. The summed E-state index contributed by atoms with van der Waals surface area (Å²) in [5, 5.41) is 19.3. The maximum Gasteiger partial charge on any atom is 0.405 e. The zero-order valence-corrected chi connectivity index (χ0v) is 17.7. The molecule has 3 unspecified atom stereocenters. The average Bonchev–Trinajstić information content (AvgIpc) is 3.46. The molecule has 0 bridgehead atoms. The highest BCUT2D eigenvalue weighted by molar-refractivity contribution is 6.38. The molecule has 4 amide bonds. The first-order valence-electron chi connectivity index (χ1n) is 11.3. The van der Waals surface area contributed by atoms with E-state index in [1.54, 1.807) is 0 Å². The van der Waals surface area contributed by atoms with Gasteiger partial charge in [-0.3, -0.25) is 19.2 Å². The number of Topliss-reactive ketones (excluding diaryl/α,β-unsaturated/α-hetero) is 1. The fourth-order valence-corrected chi connectivity index (χ4v) is 4.44. The third-order valence-corrected chi connectivity index (χ3v) is 6.36. The molecule has 3 atom stereocenters.